The molecule has 4 nitrogen and oxygen atoms in total. The van der Waals surface area contributed by atoms with Crippen molar-refractivity contribution in [3.05, 3.63) is 11.7 Å². The first-order valence-corrected chi connectivity index (χ1v) is 5.27. The average Bonchev–Trinajstić information content (AvgIpc) is 2.75. The molecule has 0 saturated carbocycles. The Bertz CT molecular complexity index is 295. The fraction of sp³-hybridized carbons (Fsp3) is 0.778. The number of halogens is 1. The second-order valence-electron chi connectivity index (χ2n) is 3.50. The van der Waals surface area contributed by atoms with Crippen molar-refractivity contribution in [1.82, 2.24) is 10.1 Å². The number of hydrogen-bond acceptors (Lipinski definition) is 4. The van der Waals surface area contributed by atoms with Crippen molar-refractivity contribution in [2.75, 3.05) is 6.61 Å². The van der Waals surface area contributed by atoms with E-state index in [2.05, 4.69) is 10.1 Å². The second kappa shape index (κ2) is 4.28. The number of rotatable bonds is 3. The Morgan fingerprint density at radius 3 is 3.07 bits per heavy atom. The molecule has 2 unspecified atom stereocenters. The smallest absolute Gasteiger partial charge is 0.229 e. The molecular formula is C9H13ClN2O2. The number of nitrogens with zero attached hydrogens (tertiary/aromatic N) is 2. The standard InChI is InChI=1S/C9H13ClN2O2/c1-6(10)9-11-8(14-12-9)5-7-3-2-4-13-7/h6-7H,2-5H2,1H3. The third-order valence-corrected chi connectivity index (χ3v) is 2.46. The molecule has 1 aromatic rings. The normalized spacial score (nSPS) is 24.0. The van der Waals surface area contributed by atoms with Gasteiger partial charge in [-0.2, -0.15) is 4.98 Å². The lowest BCUT2D eigenvalue weighted by atomic mass is 10.2. The van der Waals surface area contributed by atoms with Crippen molar-refractivity contribution in [3.8, 4) is 0 Å². The molecule has 0 aliphatic carbocycles. The Morgan fingerprint density at radius 1 is 1.64 bits per heavy atom. The van der Waals surface area contributed by atoms with Gasteiger partial charge in [0.1, 0.15) is 0 Å². The van der Waals surface area contributed by atoms with Gasteiger partial charge < -0.3 is 9.26 Å². The van der Waals surface area contributed by atoms with Gasteiger partial charge in [-0.15, -0.1) is 11.6 Å². The summed E-state index contributed by atoms with van der Waals surface area (Å²) in [6.45, 7) is 2.67. The molecule has 2 heterocycles. The monoisotopic (exact) mass is 216 g/mol. The third-order valence-electron chi connectivity index (χ3n) is 2.27. The lowest BCUT2D eigenvalue weighted by molar-refractivity contribution is 0.104. The fourth-order valence-electron chi connectivity index (χ4n) is 1.51. The summed E-state index contributed by atoms with van der Waals surface area (Å²) in [6, 6.07) is 0. The summed E-state index contributed by atoms with van der Waals surface area (Å²) in [7, 11) is 0. The van der Waals surface area contributed by atoms with E-state index in [1.165, 1.54) is 0 Å². The molecular weight excluding hydrogens is 204 g/mol. The SMILES string of the molecule is CC(Cl)c1noc(CC2CCCO2)n1. The van der Waals surface area contributed by atoms with Crippen LogP contribution in [0.4, 0.5) is 0 Å². The van der Waals surface area contributed by atoms with E-state index in [0.29, 0.717) is 18.1 Å². The largest absolute Gasteiger partial charge is 0.378 e. The van der Waals surface area contributed by atoms with Gasteiger partial charge in [0.05, 0.1) is 17.9 Å². The molecule has 0 aromatic carbocycles. The van der Waals surface area contributed by atoms with Crippen LogP contribution in [0.15, 0.2) is 4.52 Å². The minimum atomic E-state index is -0.197. The number of alkyl halides is 1. The summed E-state index contributed by atoms with van der Waals surface area (Å²) < 4.78 is 10.5. The first-order valence-electron chi connectivity index (χ1n) is 4.84. The van der Waals surface area contributed by atoms with E-state index in [1.54, 1.807) is 0 Å². The van der Waals surface area contributed by atoms with Crippen molar-refractivity contribution in [2.24, 2.45) is 0 Å². The number of hydrogen-bond donors (Lipinski definition) is 0. The Balaban J connectivity index is 1.95. The maximum atomic E-state index is 5.82. The van der Waals surface area contributed by atoms with Crippen LogP contribution in [0.5, 0.6) is 0 Å². The van der Waals surface area contributed by atoms with Crippen molar-refractivity contribution >= 4 is 11.6 Å². The lowest BCUT2D eigenvalue weighted by Crippen LogP contribution is -2.09. The first kappa shape index (κ1) is 9.93. The molecule has 2 atom stereocenters. The summed E-state index contributed by atoms with van der Waals surface area (Å²) >= 11 is 5.82. The Hall–Kier alpha value is -0.610. The van der Waals surface area contributed by atoms with Gasteiger partial charge in [0.2, 0.25) is 5.89 Å². The summed E-state index contributed by atoms with van der Waals surface area (Å²) in [5, 5.41) is 3.59. The molecule has 0 spiro atoms. The molecule has 1 fully saturated rings. The topological polar surface area (TPSA) is 48.2 Å². The first-order chi connectivity index (χ1) is 6.75. The molecule has 78 valence electrons. The van der Waals surface area contributed by atoms with Crippen molar-refractivity contribution in [3.63, 3.8) is 0 Å². The van der Waals surface area contributed by atoms with E-state index in [4.69, 9.17) is 20.9 Å². The van der Waals surface area contributed by atoms with Crippen LogP contribution in [0.1, 0.15) is 36.9 Å². The summed E-state index contributed by atoms with van der Waals surface area (Å²) in [6.07, 6.45) is 3.15. The second-order valence-corrected chi connectivity index (χ2v) is 4.16. The zero-order valence-electron chi connectivity index (χ0n) is 8.07. The molecule has 1 aromatic heterocycles. The molecule has 1 saturated heterocycles. The van der Waals surface area contributed by atoms with Crippen LogP contribution in [-0.4, -0.2) is 22.9 Å². The minimum absolute atomic E-state index is 0.197. The van der Waals surface area contributed by atoms with E-state index in [0.717, 1.165) is 19.4 Å². The quantitative estimate of drug-likeness (QED) is 0.726. The molecule has 1 aliphatic rings. The van der Waals surface area contributed by atoms with Gasteiger partial charge in [0.25, 0.3) is 0 Å². The highest BCUT2D eigenvalue weighted by Crippen LogP contribution is 2.19. The number of aromatic nitrogens is 2. The van der Waals surface area contributed by atoms with E-state index < -0.39 is 0 Å². The van der Waals surface area contributed by atoms with Crippen LogP contribution < -0.4 is 0 Å². The molecule has 0 bridgehead atoms. The predicted octanol–water partition coefficient (Wildman–Crippen LogP) is 2.09. The summed E-state index contributed by atoms with van der Waals surface area (Å²) in [4.78, 5) is 4.18. The highest BCUT2D eigenvalue weighted by atomic mass is 35.5. The van der Waals surface area contributed by atoms with Gasteiger partial charge in [0, 0.05) is 6.61 Å². The van der Waals surface area contributed by atoms with Crippen LogP contribution in [0, 0.1) is 0 Å². The van der Waals surface area contributed by atoms with Crippen molar-refractivity contribution in [1.29, 1.82) is 0 Å². The van der Waals surface area contributed by atoms with Gasteiger partial charge in [-0.1, -0.05) is 5.16 Å². The van der Waals surface area contributed by atoms with E-state index >= 15 is 0 Å². The zero-order chi connectivity index (χ0) is 9.97. The van der Waals surface area contributed by atoms with Gasteiger partial charge in [-0.25, -0.2) is 0 Å². The van der Waals surface area contributed by atoms with Gasteiger partial charge in [-0.05, 0) is 19.8 Å². The van der Waals surface area contributed by atoms with Crippen LogP contribution in [-0.2, 0) is 11.2 Å². The lowest BCUT2D eigenvalue weighted by Gasteiger charge is -2.03. The van der Waals surface area contributed by atoms with Crippen molar-refractivity contribution in [2.45, 2.75) is 37.7 Å². The van der Waals surface area contributed by atoms with E-state index in [1.807, 2.05) is 6.92 Å². The molecule has 5 heteroatoms. The van der Waals surface area contributed by atoms with Crippen LogP contribution in [0.3, 0.4) is 0 Å². The molecule has 0 amide bonds. The zero-order valence-corrected chi connectivity index (χ0v) is 8.83. The Kier molecular flexibility index (Phi) is 3.03. The fourth-order valence-corrected chi connectivity index (χ4v) is 1.60. The average molecular weight is 217 g/mol. The highest BCUT2D eigenvalue weighted by Gasteiger charge is 2.20. The minimum Gasteiger partial charge on any atom is -0.378 e. The summed E-state index contributed by atoms with van der Waals surface area (Å²) in [5.41, 5.74) is 0. The van der Waals surface area contributed by atoms with Gasteiger partial charge in [0.15, 0.2) is 5.82 Å². The third kappa shape index (κ3) is 2.25. The van der Waals surface area contributed by atoms with Crippen molar-refractivity contribution < 1.29 is 9.26 Å². The number of ether oxygens (including phenoxy) is 1. The maximum absolute atomic E-state index is 5.82. The van der Waals surface area contributed by atoms with E-state index in [9.17, 15) is 0 Å². The molecule has 14 heavy (non-hydrogen) atoms. The Morgan fingerprint density at radius 2 is 2.50 bits per heavy atom. The van der Waals surface area contributed by atoms with Crippen LogP contribution in [0.2, 0.25) is 0 Å². The molecule has 1 aliphatic heterocycles. The molecule has 0 N–H and O–H groups in total. The predicted molar refractivity (Wildman–Crippen MR) is 51.2 cm³/mol. The molecule has 0 radical (unpaired) electrons. The molecule has 2 rings (SSSR count). The van der Waals surface area contributed by atoms with Gasteiger partial charge in [-0.3, -0.25) is 0 Å². The highest BCUT2D eigenvalue weighted by molar-refractivity contribution is 6.20. The van der Waals surface area contributed by atoms with Crippen LogP contribution >= 0.6 is 11.6 Å². The summed E-state index contributed by atoms with van der Waals surface area (Å²) in [5.74, 6) is 1.18. The van der Waals surface area contributed by atoms with E-state index in [-0.39, 0.29) is 11.5 Å². The maximum Gasteiger partial charge on any atom is 0.229 e. The van der Waals surface area contributed by atoms with Crippen LogP contribution in [0.25, 0.3) is 0 Å². The van der Waals surface area contributed by atoms with Gasteiger partial charge >= 0.3 is 0 Å². The Labute approximate surface area is 87.6 Å².